The summed E-state index contributed by atoms with van der Waals surface area (Å²) in [5.74, 6) is -1.09. The van der Waals surface area contributed by atoms with E-state index >= 15 is 0 Å². The summed E-state index contributed by atoms with van der Waals surface area (Å²) < 4.78 is 21.6. The van der Waals surface area contributed by atoms with Crippen LogP contribution in [-0.4, -0.2) is 72.2 Å². The van der Waals surface area contributed by atoms with Gasteiger partial charge in [-0.05, 0) is 99.7 Å². The normalized spacial score (nSPS) is 12.8. The topological polar surface area (TPSA) is 135 Å². The van der Waals surface area contributed by atoms with Crippen molar-refractivity contribution in [1.29, 1.82) is 0 Å². The summed E-state index contributed by atoms with van der Waals surface area (Å²) in [5, 5.41) is 3.57. The van der Waals surface area contributed by atoms with Gasteiger partial charge in [-0.15, -0.1) is 19.7 Å². The van der Waals surface area contributed by atoms with Gasteiger partial charge in [-0.1, -0.05) is 128 Å². The molecule has 3 heterocycles. The number of nitrogens with one attached hydrogen (secondary N) is 1. The minimum absolute atomic E-state index is 0.0327. The number of unbranched alkanes of at least 4 members (excludes halogenated alkanes) is 22. The molecule has 2 aliphatic rings. The summed E-state index contributed by atoms with van der Waals surface area (Å²) in [6.07, 6.45) is 38.6. The van der Waals surface area contributed by atoms with E-state index in [2.05, 4.69) is 36.5 Å². The largest absolute Gasteiger partial charge is 0.490 e. The molecule has 0 radical (unpaired) electrons. The molecular weight excluding hydrogens is 977 g/mol. The number of rotatable bonds is 42. The van der Waals surface area contributed by atoms with Gasteiger partial charge in [-0.25, -0.2) is 4.57 Å². The molecule has 0 fully saturated rings. The number of pyridine rings is 1. The third kappa shape index (κ3) is 17.7. The third-order valence-corrected chi connectivity index (χ3v) is 15.0. The van der Waals surface area contributed by atoms with E-state index in [0.29, 0.717) is 53.4 Å². The highest BCUT2D eigenvalue weighted by atomic mass is 16.5. The average Bonchev–Trinajstić information content (AvgIpc) is 3.55. The SMILES string of the molecule is C=CCCCCCCCCCOc1cc(C(=O)NCCN2C(=O)c3ccc4c5c(ccc(c35)C2=O)C(=O)N(Cc2cc[n+](CCCC)cc2)C4=O)cc(OCCCCCCCCCC=C)c1OCCCCCCCCCC=C. The molecule has 1 N–H and O–H groups in total. The number of hydrogen-bond donors (Lipinski definition) is 1. The maximum absolute atomic E-state index is 14.2. The van der Waals surface area contributed by atoms with Crippen molar-refractivity contribution in [3.05, 3.63) is 132 Å². The smallest absolute Gasteiger partial charge is 0.261 e. The molecule has 3 aromatic carbocycles. The average molecular weight is 1070 g/mol. The van der Waals surface area contributed by atoms with Crippen molar-refractivity contribution < 1.29 is 42.8 Å². The molecule has 0 aliphatic carbocycles. The molecule has 0 bridgehead atoms. The van der Waals surface area contributed by atoms with Crippen molar-refractivity contribution in [2.75, 3.05) is 32.9 Å². The number of ether oxygens (including phenoxy) is 3. The van der Waals surface area contributed by atoms with Crippen LogP contribution in [0.15, 0.2) is 98.9 Å². The molecule has 2 aliphatic heterocycles. The van der Waals surface area contributed by atoms with E-state index in [-0.39, 0.29) is 41.9 Å². The lowest BCUT2D eigenvalue weighted by molar-refractivity contribution is -0.697. The Bertz CT molecular complexity index is 2500. The quantitative estimate of drug-likeness (QED) is 0.0201. The molecule has 0 unspecified atom stereocenters. The Kier molecular flexibility index (Phi) is 26.2. The molecule has 0 saturated carbocycles. The highest BCUT2D eigenvalue weighted by Crippen LogP contribution is 2.41. The third-order valence-electron chi connectivity index (χ3n) is 15.0. The van der Waals surface area contributed by atoms with Crippen molar-refractivity contribution >= 4 is 40.3 Å². The molecule has 78 heavy (non-hydrogen) atoms. The highest BCUT2D eigenvalue weighted by Gasteiger charge is 2.39. The maximum atomic E-state index is 14.2. The Balaban J connectivity index is 1.13. The second-order valence-electron chi connectivity index (χ2n) is 21.1. The first-order chi connectivity index (χ1) is 38.2. The molecule has 0 atom stereocenters. The zero-order chi connectivity index (χ0) is 55.3. The zero-order valence-corrected chi connectivity index (χ0v) is 47.1. The maximum Gasteiger partial charge on any atom is 0.261 e. The van der Waals surface area contributed by atoms with E-state index in [1.807, 2.05) is 42.8 Å². The van der Waals surface area contributed by atoms with Gasteiger partial charge in [0.05, 0.1) is 26.4 Å². The van der Waals surface area contributed by atoms with Gasteiger partial charge in [0.1, 0.15) is 6.54 Å². The second-order valence-corrected chi connectivity index (χ2v) is 21.1. The van der Waals surface area contributed by atoms with Gasteiger partial charge >= 0.3 is 0 Å². The van der Waals surface area contributed by atoms with Crippen LogP contribution in [-0.2, 0) is 13.1 Å². The lowest BCUT2D eigenvalue weighted by atomic mass is 9.86. The number of imide groups is 2. The zero-order valence-electron chi connectivity index (χ0n) is 47.1. The van der Waals surface area contributed by atoms with Crippen LogP contribution < -0.4 is 24.1 Å². The van der Waals surface area contributed by atoms with Crippen molar-refractivity contribution in [1.82, 2.24) is 15.1 Å². The molecule has 5 amide bonds. The molecule has 1 aromatic heterocycles. The Morgan fingerprint density at radius 2 is 0.897 bits per heavy atom. The second kappa shape index (κ2) is 33.7. The Morgan fingerprint density at radius 3 is 1.31 bits per heavy atom. The molecule has 6 rings (SSSR count). The number of nitrogens with zero attached hydrogens (tertiary/aromatic N) is 3. The fourth-order valence-corrected chi connectivity index (χ4v) is 10.4. The van der Waals surface area contributed by atoms with Crippen molar-refractivity contribution in [3.63, 3.8) is 0 Å². The number of aromatic nitrogens is 1. The number of carbonyl (C=O) groups is 5. The fourth-order valence-electron chi connectivity index (χ4n) is 10.4. The molecule has 4 aromatic rings. The van der Waals surface area contributed by atoms with Gasteiger partial charge in [0.2, 0.25) is 5.75 Å². The van der Waals surface area contributed by atoms with Crippen LogP contribution in [0.5, 0.6) is 17.2 Å². The van der Waals surface area contributed by atoms with Crippen molar-refractivity contribution in [2.45, 2.75) is 187 Å². The van der Waals surface area contributed by atoms with Gasteiger partial charge in [0.15, 0.2) is 23.9 Å². The van der Waals surface area contributed by atoms with E-state index < -0.39 is 29.5 Å². The predicted molar refractivity (Wildman–Crippen MR) is 312 cm³/mol. The van der Waals surface area contributed by atoms with E-state index in [1.165, 1.54) is 81.9 Å². The predicted octanol–water partition coefficient (Wildman–Crippen LogP) is 14.8. The van der Waals surface area contributed by atoms with Crippen LogP contribution in [0.25, 0.3) is 10.8 Å². The number of amides is 5. The number of hydrogen-bond acceptors (Lipinski definition) is 8. The first kappa shape index (κ1) is 60.7. The number of benzene rings is 3. The summed E-state index contributed by atoms with van der Waals surface area (Å²) >= 11 is 0. The van der Waals surface area contributed by atoms with Crippen molar-refractivity contribution in [3.8, 4) is 17.2 Å². The standard InChI is InChI=1S/C66H88N4O8/c1-5-9-13-16-19-22-25-28-31-45-76-57-48-52(49-58(77-46-32-29-26-23-20-17-14-10-6-2)61(57)78-47-33-30-27-24-21-18-15-11-7-3)62(71)67-40-44-69-63(72)53-34-36-55-60-56(37-35-54(59(53)60)64(69)73)66(75)70(65(55)74)50-51-38-42-68(43-39-51)41-12-8-4/h5-7,34-39,42-43,48-49H,1-3,8-33,40-41,44-47,50H2,4H3/p+1. The van der Waals surface area contributed by atoms with Crippen LogP contribution in [0.1, 0.15) is 231 Å². The van der Waals surface area contributed by atoms with Gasteiger partial charge < -0.3 is 19.5 Å². The number of allylic oxidation sites excluding steroid dienone is 3. The summed E-state index contributed by atoms with van der Waals surface area (Å²) in [6, 6.07) is 13.5. The first-order valence-corrected chi connectivity index (χ1v) is 29.7. The number of aryl methyl sites for hydroxylation is 1. The summed E-state index contributed by atoms with van der Waals surface area (Å²) in [6.45, 7) is 15.9. The van der Waals surface area contributed by atoms with Crippen LogP contribution in [0, 0.1) is 0 Å². The molecule has 12 heteroatoms. The fraction of sp³-hybridized carbons (Fsp3) is 0.515. The van der Waals surface area contributed by atoms with Crippen LogP contribution in [0.4, 0.5) is 0 Å². The Hall–Kier alpha value is -6.56. The Labute approximate surface area is 465 Å². The first-order valence-electron chi connectivity index (χ1n) is 29.7. The molecule has 0 spiro atoms. The van der Waals surface area contributed by atoms with Crippen LogP contribution in [0.3, 0.4) is 0 Å². The van der Waals surface area contributed by atoms with Gasteiger partial charge in [0, 0.05) is 70.2 Å². The van der Waals surface area contributed by atoms with Gasteiger partial charge in [-0.2, -0.15) is 0 Å². The highest BCUT2D eigenvalue weighted by molar-refractivity contribution is 6.33. The lowest BCUT2D eigenvalue weighted by Crippen LogP contribution is -2.45. The van der Waals surface area contributed by atoms with E-state index in [9.17, 15) is 24.0 Å². The minimum Gasteiger partial charge on any atom is -0.490 e. The molecular formula is C66H89N4O8+. The molecule has 12 nitrogen and oxygen atoms in total. The van der Waals surface area contributed by atoms with Crippen LogP contribution >= 0.6 is 0 Å². The molecule has 420 valence electrons. The monoisotopic (exact) mass is 1070 g/mol. The van der Waals surface area contributed by atoms with E-state index in [4.69, 9.17) is 14.2 Å². The minimum atomic E-state index is -0.565. The lowest BCUT2D eigenvalue weighted by Gasteiger charge is -2.32. The van der Waals surface area contributed by atoms with Crippen LogP contribution in [0.2, 0.25) is 0 Å². The van der Waals surface area contributed by atoms with Gasteiger partial charge in [0.25, 0.3) is 29.5 Å². The van der Waals surface area contributed by atoms with Crippen molar-refractivity contribution in [2.24, 2.45) is 0 Å². The number of carbonyl (C=O) groups excluding carboxylic acids is 5. The van der Waals surface area contributed by atoms with Gasteiger partial charge in [-0.3, -0.25) is 33.8 Å². The summed E-state index contributed by atoms with van der Waals surface area (Å²) in [4.78, 5) is 73.0. The summed E-state index contributed by atoms with van der Waals surface area (Å²) in [5.41, 5.74) is 2.09. The Morgan fingerprint density at radius 1 is 0.513 bits per heavy atom. The summed E-state index contributed by atoms with van der Waals surface area (Å²) in [7, 11) is 0. The van der Waals surface area contributed by atoms with E-state index in [1.54, 1.807) is 36.4 Å². The molecule has 0 saturated heterocycles. The van der Waals surface area contributed by atoms with E-state index in [0.717, 1.165) is 107 Å².